The molecule has 0 radical (unpaired) electrons. The Bertz CT molecular complexity index is 571. The van der Waals surface area contributed by atoms with Crippen molar-refractivity contribution < 1.29 is 9.59 Å². The minimum atomic E-state index is -0.105. The Hall–Kier alpha value is -1.53. The highest BCUT2D eigenvalue weighted by Gasteiger charge is 2.19. The summed E-state index contributed by atoms with van der Waals surface area (Å²) in [6.45, 7) is 6.05. The van der Waals surface area contributed by atoms with E-state index in [0.29, 0.717) is 12.1 Å². The first-order valence-corrected chi connectivity index (χ1v) is 9.11. The molecule has 0 aromatic heterocycles. The summed E-state index contributed by atoms with van der Waals surface area (Å²) >= 11 is 1.88. The van der Waals surface area contributed by atoms with Gasteiger partial charge in [0, 0.05) is 48.3 Å². The van der Waals surface area contributed by atoms with E-state index in [1.807, 2.05) is 49.7 Å². The minimum Gasteiger partial charge on any atom is -0.337 e. The molecule has 0 spiro atoms. The van der Waals surface area contributed by atoms with Crippen molar-refractivity contribution in [3.63, 3.8) is 0 Å². The van der Waals surface area contributed by atoms with Crippen LogP contribution in [0.15, 0.2) is 18.2 Å². The van der Waals surface area contributed by atoms with E-state index < -0.39 is 0 Å². The normalized spacial score (nSPS) is 16.0. The van der Waals surface area contributed by atoms with E-state index in [4.69, 9.17) is 0 Å². The molecule has 1 unspecified atom stereocenters. The largest absolute Gasteiger partial charge is 0.337 e. The number of nitrogens with one attached hydrogen (secondary N) is 2. The van der Waals surface area contributed by atoms with Crippen molar-refractivity contribution in [2.24, 2.45) is 5.92 Å². The van der Waals surface area contributed by atoms with Crippen molar-refractivity contribution in [3.8, 4) is 0 Å². The van der Waals surface area contributed by atoms with Gasteiger partial charge in [-0.3, -0.25) is 9.59 Å². The number of thioether (sulfide) groups is 1. The quantitative estimate of drug-likeness (QED) is 0.864. The lowest BCUT2D eigenvalue weighted by Gasteiger charge is -2.26. The van der Waals surface area contributed by atoms with Crippen LogP contribution in [0, 0.1) is 12.8 Å². The van der Waals surface area contributed by atoms with Crippen LogP contribution in [0.1, 0.15) is 22.8 Å². The summed E-state index contributed by atoms with van der Waals surface area (Å²) in [5.41, 5.74) is 2.37. The Morgan fingerprint density at radius 3 is 2.61 bits per heavy atom. The maximum absolute atomic E-state index is 12.5. The molecule has 1 heterocycles. The van der Waals surface area contributed by atoms with Gasteiger partial charge in [0.1, 0.15) is 0 Å². The van der Waals surface area contributed by atoms with Gasteiger partial charge in [-0.25, -0.2) is 0 Å². The highest BCUT2D eigenvalue weighted by atomic mass is 32.2. The number of rotatable bonds is 5. The molecule has 1 aromatic carbocycles. The first-order valence-electron chi connectivity index (χ1n) is 7.96. The molecule has 1 fully saturated rings. The lowest BCUT2D eigenvalue weighted by Crippen LogP contribution is -2.37. The van der Waals surface area contributed by atoms with Crippen molar-refractivity contribution in [1.82, 2.24) is 10.2 Å². The Balaban J connectivity index is 2.05. The topological polar surface area (TPSA) is 61.4 Å². The van der Waals surface area contributed by atoms with Crippen LogP contribution in [0.2, 0.25) is 0 Å². The summed E-state index contributed by atoms with van der Waals surface area (Å²) in [5.74, 6) is 1.96. The average molecular weight is 335 g/mol. The number of carbonyl (C=O) groups excluding carboxylic acids is 2. The number of hydrogen-bond donors (Lipinski definition) is 2. The smallest absolute Gasteiger partial charge is 0.253 e. The number of benzene rings is 1. The van der Waals surface area contributed by atoms with Gasteiger partial charge in [-0.05, 0) is 37.7 Å². The van der Waals surface area contributed by atoms with Crippen LogP contribution in [-0.2, 0) is 4.79 Å². The monoisotopic (exact) mass is 335 g/mol. The van der Waals surface area contributed by atoms with Gasteiger partial charge in [-0.2, -0.15) is 11.8 Å². The Morgan fingerprint density at radius 1 is 1.30 bits per heavy atom. The highest BCUT2D eigenvalue weighted by molar-refractivity contribution is 7.99. The summed E-state index contributed by atoms with van der Waals surface area (Å²) in [6.07, 6.45) is 0. The second-order valence-corrected chi connectivity index (χ2v) is 7.11. The molecule has 126 valence electrons. The van der Waals surface area contributed by atoms with Crippen LogP contribution in [0.25, 0.3) is 0 Å². The molecule has 2 rings (SSSR count). The molecule has 0 saturated carbocycles. The van der Waals surface area contributed by atoms with Crippen LogP contribution in [0.4, 0.5) is 5.69 Å². The molecule has 2 N–H and O–H groups in total. The van der Waals surface area contributed by atoms with Crippen molar-refractivity contribution in [1.29, 1.82) is 0 Å². The second-order valence-electron chi connectivity index (χ2n) is 5.88. The molecule has 5 nitrogen and oxygen atoms in total. The molecular weight excluding hydrogens is 310 g/mol. The van der Waals surface area contributed by atoms with Crippen LogP contribution in [-0.4, -0.2) is 54.9 Å². The van der Waals surface area contributed by atoms with E-state index in [9.17, 15) is 9.59 Å². The predicted octanol–water partition coefficient (Wildman–Crippen LogP) is 1.98. The third kappa shape index (κ3) is 4.72. The van der Waals surface area contributed by atoms with Gasteiger partial charge in [0.25, 0.3) is 5.91 Å². The van der Waals surface area contributed by atoms with Crippen LogP contribution in [0.5, 0.6) is 0 Å². The first-order chi connectivity index (χ1) is 11.0. The summed E-state index contributed by atoms with van der Waals surface area (Å²) in [6, 6.07) is 5.49. The SMILES string of the molecule is CNCC(C)C(=O)Nc1ccc(C(=O)N2CCSCC2)cc1C. The fourth-order valence-electron chi connectivity index (χ4n) is 2.54. The molecule has 1 aromatic rings. The summed E-state index contributed by atoms with van der Waals surface area (Å²) in [4.78, 5) is 26.5. The Morgan fingerprint density at radius 2 is 2.00 bits per heavy atom. The van der Waals surface area contributed by atoms with E-state index in [-0.39, 0.29) is 17.7 Å². The maximum Gasteiger partial charge on any atom is 0.253 e. The molecule has 23 heavy (non-hydrogen) atoms. The number of nitrogens with zero attached hydrogens (tertiary/aromatic N) is 1. The predicted molar refractivity (Wildman–Crippen MR) is 96.1 cm³/mol. The van der Waals surface area contributed by atoms with Gasteiger partial charge in [0.2, 0.25) is 5.91 Å². The first kappa shape index (κ1) is 17.8. The zero-order valence-corrected chi connectivity index (χ0v) is 14.8. The van der Waals surface area contributed by atoms with Crippen LogP contribution in [0.3, 0.4) is 0 Å². The van der Waals surface area contributed by atoms with Crippen molar-refractivity contribution in [2.45, 2.75) is 13.8 Å². The average Bonchev–Trinajstić information content (AvgIpc) is 2.57. The molecule has 0 aliphatic carbocycles. The fourth-order valence-corrected chi connectivity index (χ4v) is 3.44. The molecule has 1 aliphatic heterocycles. The van der Waals surface area contributed by atoms with Gasteiger partial charge in [0.05, 0.1) is 0 Å². The van der Waals surface area contributed by atoms with Crippen molar-refractivity contribution in [2.75, 3.05) is 43.5 Å². The zero-order chi connectivity index (χ0) is 16.8. The molecule has 2 amide bonds. The van der Waals surface area contributed by atoms with Gasteiger partial charge in [-0.15, -0.1) is 0 Å². The van der Waals surface area contributed by atoms with E-state index in [1.165, 1.54) is 0 Å². The summed E-state index contributed by atoms with van der Waals surface area (Å²) < 4.78 is 0. The van der Waals surface area contributed by atoms with Gasteiger partial charge in [-0.1, -0.05) is 6.92 Å². The van der Waals surface area contributed by atoms with Gasteiger partial charge in [0.15, 0.2) is 0 Å². The zero-order valence-electron chi connectivity index (χ0n) is 14.0. The standard InChI is InChI=1S/C17H25N3O2S/c1-12-10-14(17(22)20-6-8-23-9-7-20)4-5-15(12)19-16(21)13(2)11-18-3/h4-5,10,13,18H,6-9,11H2,1-3H3,(H,19,21). The summed E-state index contributed by atoms with van der Waals surface area (Å²) in [7, 11) is 1.83. The van der Waals surface area contributed by atoms with E-state index in [1.54, 1.807) is 6.07 Å². The van der Waals surface area contributed by atoms with E-state index in [0.717, 1.165) is 35.8 Å². The molecule has 1 saturated heterocycles. The number of carbonyl (C=O) groups is 2. The van der Waals surface area contributed by atoms with Crippen molar-refractivity contribution in [3.05, 3.63) is 29.3 Å². The highest BCUT2D eigenvalue weighted by Crippen LogP contribution is 2.20. The number of anilines is 1. The second kappa shape index (κ2) is 8.36. The summed E-state index contributed by atoms with van der Waals surface area (Å²) in [5, 5.41) is 5.93. The van der Waals surface area contributed by atoms with Gasteiger partial charge >= 0.3 is 0 Å². The van der Waals surface area contributed by atoms with Crippen molar-refractivity contribution >= 4 is 29.3 Å². The Kier molecular flexibility index (Phi) is 6.47. The Labute approximate surface area is 142 Å². The third-order valence-electron chi connectivity index (χ3n) is 3.99. The number of aryl methyl sites for hydroxylation is 1. The molecule has 6 heteroatoms. The van der Waals surface area contributed by atoms with Crippen LogP contribution < -0.4 is 10.6 Å². The lowest BCUT2D eigenvalue weighted by atomic mass is 10.1. The maximum atomic E-state index is 12.5. The molecule has 1 aliphatic rings. The minimum absolute atomic E-state index is 0.0189. The molecular formula is C17H25N3O2S. The van der Waals surface area contributed by atoms with Gasteiger partial charge < -0.3 is 15.5 Å². The van der Waals surface area contributed by atoms with E-state index in [2.05, 4.69) is 10.6 Å². The van der Waals surface area contributed by atoms with Crippen LogP contribution >= 0.6 is 11.8 Å². The molecule has 0 bridgehead atoms. The fraction of sp³-hybridized carbons (Fsp3) is 0.529. The third-order valence-corrected chi connectivity index (χ3v) is 4.93. The lowest BCUT2D eigenvalue weighted by molar-refractivity contribution is -0.119. The number of amides is 2. The molecule has 1 atom stereocenters. The number of hydrogen-bond acceptors (Lipinski definition) is 4. The van der Waals surface area contributed by atoms with E-state index >= 15 is 0 Å².